The Kier molecular flexibility index (Phi) is 2.36. The summed E-state index contributed by atoms with van der Waals surface area (Å²) in [5.41, 5.74) is 2.02. The molecule has 2 atom stereocenters. The van der Waals surface area contributed by atoms with Gasteiger partial charge in [0.15, 0.2) is 5.13 Å². The fourth-order valence-electron chi connectivity index (χ4n) is 1.72. The van der Waals surface area contributed by atoms with E-state index >= 15 is 0 Å². The smallest absolute Gasteiger partial charge is 0.232 e. The molecule has 17 heavy (non-hydrogen) atoms. The van der Waals surface area contributed by atoms with Crippen LogP contribution in [0.4, 0.5) is 9.52 Å². The van der Waals surface area contributed by atoms with E-state index in [1.165, 1.54) is 11.3 Å². The minimum atomic E-state index is -0.966. The van der Waals surface area contributed by atoms with E-state index in [1.807, 2.05) is 25.1 Å². The normalized spacial score (nSPS) is 22.7. The maximum Gasteiger partial charge on any atom is 0.232 e. The van der Waals surface area contributed by atoms with Crippen LogP contribution in [0.5, 0.6) is 0 Å². The van der Waals surface area contributed by atoms with Crippen LogP contribution in [0.15, 0.2) is 18.2 Å². The Balaban J connectivity index is 1.83. The number of amides is 1. The van der Waals surface area contributed by atoms with Crippen LogP contribution in [0.25, 0.3) is 10.2 Å². The number of aromatic nitrogens is 1. The summed E-state index contributed by atoms with van der Waals surface area (Å²) >= 11 is 1.42. The van der Waals surface area contributed by atoms with Crippen molar-refractivity contribution in [1.29, 1.82) is 0 Å². The molecule has 1 aromatic heterocycles. The van der Waals surface area contributed by atoms with Crippen LogP contribution in [-0.2, 0) is 4.79 Å². The number of hydrogen-bond donors (Lipinski definition) is 1. The summed E-state index contributed by atoms with van der Waals surface area (Å²) in [6, 6.07) is 5.93. The fraction of sp³-hybridized carbons (Fsp3) is 0.333. The van der Waals surface area contributed by atoms with E-state index in [-0.39, 0.29) is 5.91 Å². The van der Waals surface area contributed by atoms with Crippen molar-refractivity contribution < 1.29 is 9.18 Å². The number of carbonyl (C=O) groups is 1. The van der Waals surface area contributed by atoms with Crippen molar-refractivity contribution in [2.24, 2.45) is 5.92 Å². The molecule has 3 rings (SSSR count). The van der Waals surface area contributed by atoms with Gasteiger partial charge in [0, 0.05) is 0 Å². The molecule has 1 saturated carbocycles. The van der Waals surface area contributed by atoms with Gasteiger partial charge in [-0.3, -0.25) is 4.79 Å². The number of nitrogens with one attached hydrogen (secondary N) is 1. The van der Waals surface area contributed by atoms with E-state index in [9.17, 15) is 9.18 Å². The third-order valence-electron chi connectivity index (χ3n) is 2.82. The molecule has 1 amide bonds. The molecule has 0 aliphatic heterocycles. The van der Waals surface area contributed by atoms with Crippen molar-refractivity contribution in [2.75, 3.05) is 5.32 Å². The van der Waals surface area contributed by atoms with Crippen molar-refractivity contribution in [2.45, 2.75) is 19.5 Å². The molecule has 0 saturated heterocycles. The second kappa shape index (κ2) is 3.77. The van der Waals surface area contributed by atoms with Crippen LogP contribution >= 0.6 is 11.3 Å². The summed E-state index contributed by atoms with van der Waals surface area (Å²) < 4.78 is 13.7. The first kappa shape index (κ1) is 10.7. The molecule has 88 valence electrons. The number of halogens is 1. The molecule has 0 bridgehead atoms. The molecule has 2 aromatic rings. The summed E-state index contributed by atoms with van der Waals surface area (Å²) in [4.78, 5) is 15.8. The highest BCUT2D eigenvalue weighted by molar-refractivity contribution is 7.22. The molecule has 1 fully saturated rings. The maximum absolute atomic E-state index is 12.7. The SMILES string of the molecule is Cc1ccc2nc(NC(=O)[C@@H]3C[C@@H]3F)sc2c1. The second-order valence-electron chi connectivity index (χ2n) is 4.34. The van der Waals surface area contributed by atoms with Crippen LogP contribution in [0.3, 0.4) is 0 Å². The van der Waals surface area contributed by atoms with Gasteiger partial charge in [0.2, 0.25) is 5.91 Å². The molecular formula is C12H11FN2OS. The van der Waals surface area contributed by atoms with Gasteiger partial charge in [-0.15, -0.1) is 0 Å². The zero-order chi connectivity index (χ0) is 12.0. The van der Waals surface area contributed by atoms with Crippen LogP contribution < -0.4 is 5.32 Å². The lowest BCUT2D eigenvalue weighted by atomic mass is 10.2. The monoisotopic (exact) mass is 250 g/mol. The standard InChI is InChI=1S/C12H11FN2OS/c1-6-2-3-9-10(4-6)17-12(14-9)15-11(16)7-5-8(7)13/h2-4,7-8H,5H2,1H3,(H,14,15,16)/t7-,8+/m1/s1. The number of hydrogen-bond acceptors (Lipinski definition) is 3. The quantitative estimate of drug-likeness (QED) is 0.890. The number of carbonyl (C=O) groups excluding carboxylic acids is 1. The van der Waals surface area contributed by atoms with E-state index in [0.717, 1.165) is 15.8 Å². The Bertz CT molecular complexity index is 595. The molecule has 3 nitrogen and oxygen atoms in total. The first-order valence-electron chi connectivity index (χ1n) is 5.45. The Labute approximate surface area is 102 Å². The van der Waals surface area contributed by atoms with E-state index in [0.29, 0.717) is 11.6 Å². The Morgan fingerprint density at radius 3 is 3.06 bits per heavy atom. The van der Waals surface area contributed by atoms with Crippen LogP contribution in [0.1, 0.15) is 12.0 Å². The third kappa shape index (κ3) is 2.02. The molecule has 0 spiro atoms. The lowest BCUT2D eigenvalue weighted by Gasteiger charge is -1.97. The minimum Gasteiger partial charge on any atom is -0.302 e. The van der Waals surface area contributed by atoms with Gasteiger partial charge in [0.1, 0.15) is 6.17 Å². The number of thiazole rings is 1. The average molecular weight is 250 g/mol. The van der Waals surface area contributed by atoms with E-state index in [2.05, 4.69) is 10.3 Å². The van der Waals surface area contributed by atoms with Crippen molar-refractivity contribution in [3.63, 3.8) is 0 Å². The van der Waals surface area contributed by atoms with Gasteiger partial charge >= 0.3 is 0 Å². The number of fused-ring (bicyclic) bond motifs is 1. The molecule has 1 aliphatic carbocycles. The molecule has 0 unspecified atom stereocenters. The van der Waals surface area contributed by atoms with Gasteiger partial charge < -0.3 is 5.32 Å². The number of aryl methyl sites for hydroxylation is 1. The fourth-order valence-corrected chi connectivity index (χ4v) is 2.69. The zero-order valence-electron chi connectivity index (χ0n) is 9.24. The first-order valence-corrected chi connectivity index (χ1v) is 6.27. The summed E-state index contributed by atoms with van der Waals surface area (Å²) in [7, 11) is 0. The number of alkyl halides is 1. The molecule has 1 aliphatic rings. The van der Waals surface area contributed by atoms with E-state index in [1.54, 1.807) is 0 Å². The zero-order valence-corrected chi connectivity index (χ0v) is 10.1. The highest BCUT2D eigenvalue weighted by Crippen LogP contribution is 2.35. The maximum atomic E-state index is 12.7. The lowest BCUT2D eigenvalue weighted by Crippen LogP contribution is -2.14. The van der Waals surface area contributed by atoms with Crippen molar-refractivity contribution in [3.05, 3.63) is 23.8 Å². The Morgan fingerprint density at radius 2 is 2.35 bits per heavy atom. The molecular weight excluding hydrogens is 239 g/mol. The predicted molar refractivity (Wildman–Crippen MR) is 66.0 cm³/mol. The molecule has 5 heteroatoms. The van der Waals surface area contributed by atoms with Crippen LogP contribution in [0, 0.1) is 12.8 Å². The van der Waals surface area contributed by atoms with Crippen molar-refractivity contribution in [1.82, 2.24) is 4.98 Å². The molecule has 1 heterocycles. The average Bonchev–Trinajstić information content (AvgIpc) is 2.87. The largest absolute Gasteiger partial charge is 0.302 e. The lowest BCUT2D eigenvalue weighted by molar-refractivity contribution is -0.117. The van der Waals surface area contributed by atoms with Crippen LogP contribution in [0.2, 0.25) is 0 Å². The molecule has 0 radical (unpaired) electrons. The topological polar surface area (TPSA) is 42.0 Å². The van der Waals surface area contributed by atoms with Gasteiger partial charge in [-0.25, -0.2) is 9.37 Å². The summed E-state index contributed by atoms with van der Waals surface area (Å²) in [6.07, 6.45) is -0.623. The van der Waals surface area contributed by atoms with Gasteiger partial charge in [-0.1, -0.05) is 17.4 Å². The predicted octanol–water partition coefficient (Wildman–Crippen LogP) is 2.90. The number of nitrogens with zero attached hydrogens (tertiary/aromatic N) is 1. The number of anilines is 1. The third-order valence-corrected chi connectivity index (χ3v) is 3.76. The van der Waals surface area contributed by atoms with Gasteiger partial charge in [-0.05, 0) is 31.0 Å². The summed E-state index contributed by atoms with van der Waals surface area (Å²) in [5, 5.41) is 3.22. The Hall–Kier alpha value is -1.49. The van der Waals surface area contributed by atoms with Gasteiger partial charge in [-0.2, -0.15) is 0 Å². The molecule has 1 N–H and O–H groups in total. The first-order chi connectivity index (χ1) is 8.13. The van der Waals surface area contributed by atoms with Crippen molar-refractivity contribution in [3.8, 4) is 0 Å². The molecule has 1 aromatic carbocycles. The van der Waals surface area contributed by atoms with E-state index < -0.39 is 12.1 Å². The highest BCUT2D eigenvalue weighted by atomic mass is 32.1. The summed E-state index contributed by atoms with van der Waals surface area (Å²) in [5.74, 6) is -0.725. The highest BCUT2D eigenvalue weighted by Gasteiger charge is 2.43. The van der Waals surface area contributed by atoms with Crippen molar-refractivity contribution >= 4 is 32.6 Å². The number of benzene rings is 1. The van der Waals surface area contributed by atoms with Gasteiger partial charge in [0.25, 0.3) is 0 Å². The second-order valence-corrected chi connectivity index (χ2v) is 5.37. The minimum absolute atomic E-state index is 0.256. The summed E-state index contributed by atoms with van der Waals surface area (Å²) in [6.45, 7) is 2.01. The number of rotatable bonds is 2. The Morgan fingerprint density at radius 1 is 1.59 bits per heavy atom. The van der Waals surface area contributed by atoms with E-state index in [4.69, 9.17) is 0 Å². The van der Waals surface area contributed by atoms with Gasteiger partial charge in [0.05, 0.1) is 16.1 Å². The van der Waals surface area contributed by atoms with Crippen LogP contribution in [-0.4, -0.2) is 17.1 Å².